The van der Waals surface area contributed by atoms with Gasteiger partial charge in [0, 0.05) is 13.0 Å². The highest BCUT2D eigenvalue weighted by atomic mass is 32.2. The van der Waals surface area contributed by atoms with E-state index in [-0.39, 0.29) is 33.4 Å². The van der Waals surface area contributed by atoms with E-state index in [2.05, 4.69) is 10.0 Å². The van der Waals surface area contributed by atoms with Crippen molar-refractivity contribution in [2.24, 2.45) is 0 Å². The molecular weight excluding hydrogens is 374 g/mol. The number of rotatable bonds is 7. The molecule has 27 heavy (non-hydrogen) atoms. The Morgan fingerprint density at radius 3 is 2.52 bits per heavy atom. The second-order valence-corrected chi connectivity index (χ2v) is 7.27. The maximum Gasteiger partial charge on any atom is 0.274 e. The van der Waals surface area contributed by atoms with E-state index < -0.39 is 14.9 Å². The highest BCUT2D eigenvalue weighted by molar-refractivity contribution is 7.92. The van der Waals surface area contributed by atoms with Crippen molar-refractivity contribution >= 4 is 33.0 Å². The summed E-state index contributed by atoms with van der Waals surface area (Å²) in [6.07, 6.45) is 0. The normalized spacial score (nSPS) is 10.9. The van der Waals surface area contributed by atoms with Gasteiger partial charge in [-0.25, -0.2) is 8.42 Å². The molecule has 0 fully saturated rings. The zero-order valence-corrected chi connectivity index (χ0v) is 15.8. The second-order valence-electron chi connectivity index (χ2n) is 5.58. The Kier molecular flexibility index (Phi) is 6.01. The molecule has 0 saturated heterocycles. The molecule has 144 valence electrons. The van der Waals surface area contributed by atoms with Crippen molar-refractivity contribution in [3.05, 3.63) is 52.1 Å². The molecule has 0 atom stereocenters. The number of nitrogens with one attached hydrogen (secondary N) is 2. The third kappa shape index (κ3) is 4.73. The Morgan fingerprint density at radius 2 is 1.93 bits per heavy atom. The Morgan fingerprint density at radius 1 is 1.22 bits per heavy atom. The van der Waals surface area contributed by atoms with Crippen LogP contribution in [-0.2, 0) is 14.8 Å². The van der Waals surface area contributed by atoms with Crippen LogP contribution in [0.5, 0.6) is 5.75 Å². The first kappa shape index (κ1) is 20.2. The van der Waals surface area contributed by atoms with Gasteiger partial charge < -0.3 is 10.1 Å². The number of nitrogens with zero attached hydrogens (tertiary/aromatic N) is 1. The van der Waals surface area contributed by atoms with Crippen LogP contribution in [0.3, 0.4) is 0 Å². The zero-order valence-electron chi connectivity index (χ0n) is 15.0. The smallest absolute Gasteiger partial charge is 0.274 e. The molecule has 0 aliphatic rings. The summed E-state index contributed by atoms with van der Waals surface area (Å²) in [5.41, 5.74) is 0.307. The van der Waals surface area contributed by atoms with Gasteiger partial charge in [0.05, 0.1) is 33.4 Å². The molecule has 0 radical (unpaired) electrons. The number of anilines is 2. The van der Waals surface area contributed by atoms with E-state index in [1.807, 2.05) is 0 Å². The van der Waals surface area contributed by atoms with Crippen molar-refractivity contribution in [1.82, 2.24) is 0 Å². The average Bonchev–Trinajstić information content (AvgIpc) is 2.57. The van der Waals surface area contributed by atoms with Gasteiger partial charge in [-0.2, -0.15) is 0 Å². The van der Waals surface area contributed by atoms with Crippen molar-refractivity contribution in [1.29, 1.82) is 0 Å². The Bertz CT molecular complexity index is 988. The Labute approximate surface area is 156 Å². The molecule has 2 rings (SSSR count). The number of benzene rings is 2. The maximum atomic E-state index is 12.7. The second kappa shape index (κ2) is 8.04. The van der Waals surface area contributed by atoms with Gasteiger partial charge >= 0.3 is 0 Å². The number of hydrogen-bond acceptors (Lipinski definition) is 6. The van der Waals surface area contributed by atoms with Crippen LogP contribution in [-0.4, -0.2) is 25.9 Å². The summed E-state index contributed by atoms with van der Waals surface area (Å²) >= 11 is 0. The third-order valence-corrected chi connectivity index (χ3v) is 4.98. The van der Waals surface area contributed by atoms with E-state index in [4.69, 9.17) is 4.74 Å². The number of carbonyl (C=O) groups excluding carboxylic acids is 1. The summed E-state index contributed by atoms with van der Waals surface area (Å²) in [5, 5.41) is 13.6. The number of carbonyl (C=O) groups is 1. The molecule has 0 aromatic heterocycles. The lowest BCUT2D eigenvalue weighted by molar-refractivity contribution is -0.385. The Balaban J connectivity index is 2.43. The molecule has 10 heteroatoms. The quantitative estimate of drug-likeness (QED) is 0.550. The standard InChI is InChI=1S/C17H19N3O6S/c1-4-26-17-9-8-13(10-15(17)18-12(3)21)27(24,25)19-14-6-5-7-16(11(14)2)20(22)23/h5-10,19H,4H2,1-3H3,(H,18,21). The Hall–Kier alpha value is -3.14. The van der Waals surface area contributed by atoms with Crippen LogP contribution in [0, 0.1) is 17.0 Å². The number of amides is 1. The first-order chi connectivity index (χ1) is 12.7. The number of ether oxygens (including phenoxy) is 1. The largest absolute Gasteiger partial charge is 0.492 e. The van der Waals surface area contributed by atoms with Crippen LogP contribution in [0.15, 0.2) is 41.3 Å². The van der Waals surface area contributed by atoms with Gasteiger partial charge in [0.15, 0.2) is 0 Å². The van der Waals surface area contributed by atoms with E-state index >= 15 is 0 Å². The van der Waals surface area contributed by atoms with E-state index in [0.717, 1.165) is 0 Å². The molecule has 9 nitrogen and oxygen atoms in total. The van der Waals surface area contributed by atoms with Gasteiger partial charge in [-0.1, -0.05) is 6.07 Å². The number of nitro groups is 1. The summed E-state index contributed by atoms with van der Waals surface area (Å²) in [6, 6.07) is 8.14. The SMILES string of the molecule is CCOc1ccc(S(=O)(=O)Nc2cccc([N+](=O)[O-])c2C)cc1NC(C)=O. The molecule has 0 unspecified atom stereocenters. The molecule has 2 N–H and O–H groups in total. The number of hydrogen-bond donors (Lipinski definition) is 2. The van der Waals surface area contributed by atoms with E-state index in [9.17, 15) is 23.3 Å². The van der Waals surface area contributed by atoms with Crippen LogP contribution < -0.4 is 14.8 Å². The molecule has 0 saturated carbocycles. The molecule has 0 heterocycles. The van der Waals surface area contributed by atoms with Gasteiger partial charge in [0.25, 0.3) is 15.7 Å². The topological polar surface area (TPSA) is 128 Å². The fourth-order valence-corrected chi connectivity index (χ4v) is 3.53. The van der Waals surface area contributed by atoms with Crippen LogP contribution in [0.2, 0.25) is 0 Å². The fraction of sp³-hybridized carbons (Fsp3) is 0.235. The number of nitro benzene ring substituents is 1. The minimum atomic E-state index is -4.05. The van der Waals surface area contributed by atoms with Gasteiger partial charge in [0.1, 0.15) is 5.75 Å². The summed E-state index contributed by atoms with van der Waals surface area (Å²) in [7, 11) is -4.05. The predicted molar refractivity (Wildman–Crippen MR) is 101 cm³/mol. The van der Waals surface area contributed by atoms with Crippen molar-refractivity contribution < 1.29 is 22.9 Å². The molecular formula is C17H19N3O6S. The predicted octanol–water partition coefficient (Wildman–Crippen LogP) is 3.06. The number of sulfonamides is 1. The highest BCUT2D eigenvalue weighted by Gasteiger charge is 2.21. The van der Waals surface area contributed by atoms with Gasteiger partial charge in [-0.05, 0) is 38.1 Å². The minimum absolute atomic E-state index is 0.0964. The summed E-state index contributed by atoms with van der Waals surface area (Å²) in [6.45, 7) is 4.84. The van der Waals surface area contributed by atoms with Crippen molar-refractivity contribution in [3.8, 4) is 5.75 Å². The summed E-state index contributed by atoms with van der Waals surface area (Å²) in [4.78, 5) is 21.7. The lowest BCUT2D eigenvalue weighted by Crippen LogP contribution is -2.15. The third-order valence-electron chi connectivity index (χ3n) is 3.62. The van der Waals surface area contributed by atoms with Crippen molar-refractivity contribution in [2.45, 2.75) is 25.7 Å². The molecule has 0 bridgehead atoms. The van der Waals surface area contributed by atoms with E-state index in [1.54, 1.807) is 6.92 Å². The highest BCUT2D eigenvalue weighted by Crippen LogP contribution is 2.31. The lowest BCUT2D eigenvalue weighted by atomic mass is 10.2. The first-order valence-corrected chi connectivity index (χ1v) is 9.45. The van der Waals surface area contributed by atoms with Gasteiger partial charge in [-0.15, -0.1) is 0 Å². The van der Waals surface area contributed by atoms with Crippen molar-refractivity contribution in [2.75, 3.05) is 16.6 Å². The molecule has 0 spiro atoms. The van der Waals surface area contributed by atoms with Crippen LogP contribution in [0.4, 0.5) is 17.1 Å². The molecule has 0 aliphatic heterocycles. The van der Waals surface area contributed by atoms with E-state index in [1.165, 1.54) is 50.2 Å². The monoisotopic (exact) mass is 393 g/mol. The molecule has 2 aromatic rings. The molecule has 2 aromatic carbocycles. The summed E-state index contributed by atoms with van der Waals surface area (Å²) in [5.74, 6) is -0.0498. The zero-order chi connectivity index (χ0) is 20.2. The fourth-order valence-electron chi connectivity index (χ4n) is 2.38. The lowest BCUT2D eigenvalue weighted by Gasteiger charge is -2.14. The van der Waals surface area contributed by atoms with Crippen LogP contribution in [0.1, 0.15) is 19.4 Å². The first-order valence-electron chi connectivity index (χ1n) is 7.97. The maximum absolute atomic E-state index is 12.7. The molecule has 0 aliphatic carbocycles. The minimum Gasteiger partial charge on any atom is -0.492 e. The van der Waals surface area contributed by atoms with Crippen LogP contribution in [0.25, 0.3) is 0 Å². The van der Waals surface area contributed by atoms with Gasteiger partial charge in [0.2, 0.25) is 5.91 Å². The van der Waals surface area contributed by atoms with Crippen molar-refractivity contribution in [3.63, 3.8) is 0 Å². The average molecular weight is 393 g/mol. The van der Waals surface area contributed by atoms with E-state index in [0.29, 0.717) is 12.4 Å². The van der Waals surface area contributed by atoms with Crippen LogP contribution >= 0.6 is 0 Å². The molecule has 1 amide bonds. The summed E-state index contributed by atoms with van der Waals surface area (Å²) < 4.78 is 33.1. The van der Waals surface area contributed by atoms with Gasteiger partial charge in [-0.3, -0.25) is 19.6 Å².